The fourth-order valence-electron chi connectivity index (χ4n) is 2.95. The Balaban J connectivity index is 1.99. The van der Waals surface area contributed by atoms with Crippen LogP contribution in [0.25, 0.3) is 0 Å². The molecule has 1 fully saturated rings. The molecule has 1 aliphatic carbocycles. The Bertz CT molecular complexity index is 595. The van der Waals surface area contributed by atoms with Gasteiger partial charge in [0.15, 0.2) is 18.2 Å². The topological polar surface area (TPSA) is 59.0 Å². The molecule has 0 saturated heterocycles. The first-order chi connectivity index (χ1) is 10.0. The van der Waals surface area contributed by atoms with Crippen LogP contribution in [0.2, 0.25) is 0 Å². The van der Waals surface area contributed by atoms with Gasteiger partial charge in [0.25, 0.3) is 5.91 Å². The first kappa shape index (κ1) is 14.6. The number of carbonyl (C=O) groups is 1. The van der Waals surface area contributed by atoms with Crippen LogP contribution in [0.15, 0.2) is 10.5 Å². The van der Waals surface area contributed by atoms with E-state index in [9.17, 15) is 14.3 Å². The third-order valence-corrected chi connectivity index (χ3v) is 4.61. The lowest BCUT2D eigenvalue weighted by atomic mass is 10.1. The zero-order chi connectivity index (χ0) is 15.1. The van der Waals surface area contributed by atoms with E-state index in [0.717, 1.165) is 12.8 Å². The predicted molar refractivity (Wildman–Crippen MR) is 76.0 cm³/mol. The Kier molecular flexibility index (Phi) is 3.79. The van der Waals surface area contributed by atoms with Crippen molar-refractivity contribution in [2.24, 2.45) is 0 Å². The summed E-state index contributed by atoms with van der Waals surface area (Å²) in [4.78, 5) is 14.0. The minimum Gasteiger partial charge on any atom is -0.492 e. The number of aliphatic hydroxyl groups excluding tert-OH is 1. The molecule has 7 heteroatoms. The van der Waals surface area contributed by atoms with Crippen LogP contribution < -0.4 is 9.47 Å². The number of rotatable bonds is 2. The third kappa shape index (κ3) is 2.28. The van der Waals surface area contributed by atoms with E-state index >= 15 is 0 Å². The molecule has 1 aromatic rings. The van der Waals surface area contributed by atoms with Crippen LogP contribution in [0.1, 0.15) is 29.6 Å². The molecule has 2 aliphatic rings. The monoisotopic (exact) mass is 359 g/mol. The second-order valence-electron chi connectivity index (χ2n) is 5.20. The molecule has 21 heavy (non-hydrogen) atoms. The summed E-state index contributed by atoms with van der Waals surface area (Å²) in [5.74, 6) is -1.11. The summed E-state index contributed by atoms with van der Waals surface area (Å²) in [6.07, 6.45) is 1.71. The van der Waals surface area contributed by atoms with Crippen molar-refractivity contribution in [2.45, 2.75) is 31.4 Å². The van der Waals surface area contributed by atoms with E-state index < -0.39 is 11.9 Å². The molecule has 114 valence electrons. The SMILES string of the molecule is COc1c(Br)cc2c(c1F)OCN([C@@H]1CCC[C@H]1O)C2=O. The lowest BCUT2D eigenvalue weighted by Crippen LogP contribution is -2.48. The Morgan fingerprint density at radius 1 is 1.52 bits per heavy atom. The van der Waals surface area contributed by atoms with E-state index in [0.29, 0.717) is 10.9 Å². The zero-order valence-electron chi connectivity index (χ0n) is 11.4. The van der Waals surface area contributed by atoms with Crippen molar-refractivity contribution in [3.63, 3.8) is 0 Å². The number of hydrogen-bond acceptors (Lipinski definition) is 4. The van der Waals surface area contributed by atoms with E-state index in [4.69, 9.17) is 9.47 Å². The smallest absolute Gasteiger partial charge is 0.260 e. The van der Waals surface area contributed by atoms with Crippen molar-refractivity contribution in [3.05, 3.63) is 21.9 Å². The average molecular weight is 360 g/mol. The first-order valence-corrected chi connectivity index (χ1v) is 7.51. The maximum atomic E-state index is 14.3. The molecule has 1 aromatic carbocycles. The molecular formula is C14H15BrFNO4. The summed E-state index contributed by atoms with van der Waals surface area (Å²) in [5.41, 5.74) is 0.144. The van der Waals surface area contributed by atoms with Gasteiger partial charge >= 0.3 is 0 Å². The molecular weight excluding hydrogens is 345 g/mol. The van der Waals surface area contributed by atoms with Crippen molar-refractivity contribution in [1.29, 1.82) is 0 Å². The van der Waals surface area contributed by atoms with Gasteiger partial charge in [0, 0.05) is 0 Å². The predicted octanol–water partition coefficient (Wildman–Crippen LogP) is 2.30. The Morgan fingerprint density at radius 3 is 2.90 bits per heavy atom. The average Bonchev–Trinajstić information content (AvgIpc) is 2.87. The highest BCUT2D eigenvalue weighted by Crippen LogP contribution is 2.40. The van der Waals surface area contributed by atoms with E-state index in [-0.39, 0.29) is 35.7 Å². The number of aliphatic hydroxyl groups is 1. The minimum absolute atomic E-state index is 0.0101. The van der Waals surface area contributed by atoms with Crippen LogP contribution >= 0.6 is 15.9 Å². The van der Waals surface area contributed by atoms with Crippen LogP contribution in [-0.4, -0.2) is 41.9 Å². The molecule has 3 rings (SSSR count). The number of amides is 1. The van der Waals surface area contributed by atoms with E-state index in [1.807, 2.05) is 0 Å². The van der Waals surface area contributed by atoms with Gasteiger partial charge in [0.1, 0.15) is 0 Å². The summed E-state index contributed by atoms with van der Waals surface area (Å²) in [6, 6.07) is 1.22. The first-order valence-electron chi connectivity index (χ1n) is 6.72. The zero-order valence-corrected chi connectivity index (χ0v) is 13.0. The standard InChI is InChI=1S/C14H15BrFNO4/c1-20-13-8(15)5-7-12(11(13)16)21-6-17(14(7)19)9-3-2-4-10(9)18/h5,9-10,18H,2-4,6H2,1H3/t9-,10-/m1/s1. The quantitative estimate of drug-likeness (QED) is 0.880. The maximum absolute atomic E-state index is 14.3. The minimum atomic E-state index is -0.693. The van der Waals surface area contributed by atoms with Gasteiger partial charge in [-0.1, -0.05) is 0 Å². The van der Waals surface area contributed by atoms with Gasteiger partial charge in [-0.15, -0.1) is 0 Å². The highest BCUT2D eigenvalue weighted by atomic mass is 79.9. The highest BCUT2D eigenvalue weighted by Gasteiger charge is 2.39. The lowest BCUT2D eigenvalue weighted by molar-refractivity contribution is 0.0114. The second-order valence-corrected chi connectivity index (χ2v) is 6.05. The van der Waals surface area contributed by atoms with Gasteiger partial charge in [0.05, 0.1) is 29.3 Å². The molecule has 0 radical (unpaired) electrons. The van der Waals surface area contributed by atoms with E-state index in [1.54, 1.807) is 0 Å². The Hall–Kier alpha value is -1.34. The van der Waals surface area contributed by atoms with Crippen LogP contribution in [0.5, 0.6) is 11.5 Å². The third-order valence-electron chi connectivity index (χ3n) is 4.02. The van der Waals surface area contributed by atoms with Crippen LogP contribution in [0, 0.1) is 5.82 Å². The van der Waals surface area contributed by atoms with Gasteiger partial charge in [-0.25, -0.2) is 0 Å². The van der Waals surface area contributed by atoms with Crippen molar-refractivity contribution in [1.82, 2.24) is 4.90 Å². The van der Waals surface area contributed by atoms with Crippen molar-refractivity contribution in [3.8, 4) is 11.5 Å². The summed E-state index contributed by atoms with van der Waals surface area (Å²) < 4.78 is 25.0. The van der Waals surface area contributed by atoms with Gasteiger partial charge < -0.3 is 14.6 Å². The largest absolute Gasteiger partial charge is 0.492 e. The fraction of sp³-hybridized carbons (Fsp3) is 0.500. The van der Waals surface area contributed by atoms with Crippen molar-refractivity contribution in [2.75, 3.05) is 13.8 Å². The summed E-state index contributed by atoms with van der Waals surface area (Å²) in [5, 5.41) is 9.95. The molecule has 5 nitrogen and oxygen atoms in total. The number of nitrogens with zero attached hydrogens (tertiary/aromatic N) is 1. The normalized spacial score (nSPS) is 24.8. The lowest BCUT2D eigenvalue weighted by Gasteiger charge is -2.35. The van der Waals surface area contributed by atoms with Gasteiger partial charge in [-0.3, -0.25) is 9.69 Å². The molecule has 2 atom stereocenters. The Labute approximate surface area is 129 Å². The van der Waals surface area contributed by atoms with Gasteiger partial charge in [-0.2, -0.15) is 4.39 Å². The van der Waals surface area contributed by atoms with Crippen molar-refractivity contribution >= 4 is 21.8 Å². The number of hydrogen-bond donors (Lipinski definition) is 1. The molecule has 1 heterocycles. The van der Waals surface area contributed by atoms with Crippen LogP contribution in [0.3, 0.4) is 0 Å². The number of fused-ring (bicyclic) bond motifs is 1. The molecule has 0 aromatic heterocycles. The molecule has 0 bridgehead atoms. The van der Waals surface area contributed by atoms with Gasteiger partial charge in [-0.05, 0) is 41.3 Å². The number of carbonyl (C=O) groups excluding carboxylic acids is 1. The molecule has 1 N–H and O–H groups in total. The van der Waals surface area contributed by atoms with E-state index in [2.05, 4.69) is 15.9 Å². The summed E-state index contributed by atoms with van der Waals surface area (Å²) >= 11 is 3.19. The number of halogens is 2. The molecule has 0 spiro atoms. The van der Waals surface area contributed by atoms with E-state index in [1.165, 1.54) is 18.1 Å². The fourth-order valence-corrected chi connectivity index (χ4v) is 3.51. The molecule has 0 unspecified atom stereocenters. The number of benzene rings is 1. The molecule has 1 aliphatic heterocycles. The summed E-state index contributed by atoms with van der Waals surface area (Å²) in [7, 11) is 1.35. The number of methoxy groups -OCH3 is 1. The van der Waals surface area contributed by atoms with Crippen LogP contribution in [-0.2, 0) is 0 Å². The second kappa shape index (κ2) is 5.46. The van der Waals surface area contributed by atoms with Crippen molar-refractivity contribution < 1.29 is 23.8 Å². The summed E-state index contributed by atoms with van der Waals surface area (Å²) in [6.45, 7) is -0.0603. The maximum Gasteiger partial charge on any atom is 0.260 e. The van der Waals surface area contributed by atoms with Gasteiger partial charge in [0.2, 0.25) is 5.82 Å². The van der Waals surface area contributed by atoms with Crippen LogP contribution in [0.4, 0.5) is 4.39 Å². The highest BCUT2D eigenvalue weighted by molar-refractivity contribution is 9.10. The number of ether oxygens (including phenoxy) is 2. The molecule has 1 amide bonds. The Morgan fingerprint density at radius 2 is 2.29 bits per heavy atom. The molecule has 1 saturated carbocycles.